The van der Waals surface area contributed by atoms with E-state index in [1.807, 2.05) is 12.1 Å². The molecule has 0 atom stereocenters. The quantitative estimate of drug-likeness (QED) is 0.865. The van der Waals surface area contributed by atoms with Crippen molar-refractivity contribution in [1.29, 1.82) is 0 Å². The molecule has 2 N–H and O–H groups in total. The van der Waals surface area contributed by atoms with Crippen molar-refractivity contribution in [3.8, 4) is 0 Å². The molecule has 0 fully saturated rings. The number of nitrogens with two attached hydrogens (primary N) is 1. The van der Waals surface area contributed by atoms with Crippen LogP contribution in [-0.4, -0.2) is 17.5 Å². The number of aromatic nitrogens is 1. The molecule has 16 heavy (non-hydrogen) atoms. The van der Waals surface area contributed by atoms with Crippen molar-refractivity contribution in [2.45, 2.75) is 12.3 Å². The van der Waals surface area contributed by atoms with E-state index in [0.717, 1.165) is 10.9 Å². The molecule has 0 aliphatic rings. The van der Waals surface area contributed by atoms with E-state index in [2.05, 4.69) is 4.98 Å². The number of hydrogen-bond acceptors (Lipinski definition) is 2. The van der Waals surface area contributed by atoms with E-state index in [9.17, 15) is 8.78 Å². The van der Waals surface area contributed by atoms with E-state index in [4.69, 9.17) is 5.73 Å². The summed E-state index contributed by atoms with van der Waals surface area (Å²) in [6, 6.07) is 8.88. The number of nitrogens with zero attached hydrogens (tertiary/aromatic N) is 1. The van der Waals surface area contributed by atoms with Crippen molar-refractivity contribution in [2.24, 2.45) is 5.73 Å². The number of benzene rings is 1. The standard InChI is InChI=1S/C12H12F2N2/c13-12(14,8-15)7-9-3-4-10-2-1-5-16-11(10)6-9/h1-6H,7-8,15H2. The molecule has 0 spiro atoms. The van der Waals surface area contributed by atoms with E-state index in [0.29, 0.717) is 5.56 Å². The largest absolute Gasteiger partial charge is 0.325 e. The van der Waals surface area contributed by atoms with Gasteiger partial charge >= 0.3 is 0 Å². The maximum absolute atomic E-state index is 13.1. The Bertz CT molecular complexity index is 497. The molecule has 0 unspecified atom stereocenters. The molecule has 2 nitrogen and oxygen atoms in total. The Kier molecular flexibility index (Phi) is 2.83. The number of alkyl halides is 2. The zero-order valence-corrected chi connectivity index (χ0v) is 8.66. The van der Waals surface area contributed by atoms with Gasteiger partial charge in [-0.2, -0.15) is 0 Å². The van der Waals surface area contributed by atoms with Gasteiger partial charge in [-0.1, -0.05) is 18.2 Å². The first-order valence-electron chi connectivity index (χ1n) is 5.02. The van der Waals surface area contributed by atoms with E-state index in [1.165, 1.54) is 0 Å². The minimum atomic E-state index is -2.84. The van der Waals surface area contributed by atoms with Gasteiger partial charge in [-0.3, -0.25) is 4.98 Å². The molecule has 0 radical (unpaired) electrons. The molecular formula is C12H12F2N2. The first kappa shape index (κ1) is 11.0. The predicted octanol–water partition coefficient (Wildman–Crippen LogP) is 2.37. The number of fused-ring (bicyclic) bond motifs is 1. The van der Waals surface area contributed by atoms with Crippen LogP contribution in [0.3, 0.4) is 0 Å². The highest BCUT2D eigenvalue weighted by Crippen LogP contribution is 2.21. The molecular weight excluding hydrogens is 210 g/mol. The highest BCUT2D eigenvalue weighted by molar-refractivity contribution is 5.78. The van der Waals surface area contributed by atoms with Crippen LogP contribution in [0.15, 0.2) is 36.5 Å². The summed E-state index contributed by atoms with van der Waals surface area (Å²) in [5.74, 6) is -2.84. The molecule has 2 aromatic rings. The van der Waals surface area contributed by atoms with Crippen LogP contribution in [0.2, 0.25) is 0 Å². The van der Waals surface area contributed by atoms with Gasteiger partial charge in [0.15, 0.2) is 0 Å². The lowest BCUT2D eigenvalue weighted by Crippen LogP contribution is -2.30. The predicted molar refractivity (Wildman–Crippen MR) is 59.4 cm³/mol. The van der Waals surface area contributed by atoms with Crippen LogP contribution in [0.25, 0.3) is 10.9 Å². The minimum absolute atomic E-state index is 0.337. The molecule has 1 aromatic heterocycles. The maximum Gasteiger partial charge on any atom is 0.264 e. The van der Waals surface area contributed by atoms with Gasteiger partial charge in [-0.15, -0.1) is 0 Å². The summed E-state index contributed by atoms with van der Waals surface area (Å²) in [5.41, 5.74) is 6.29. The molecule has 1 heterocycles. The summed E-state index contributed by atoms with van der Waals surface area (Å²) in [6.07, 6.45) is 1.31. The average molecular weight is 222 g/mol. The van der Waals surface area contributed by atoms with Crippen molar-refractivity contribution >= 4 is 10.9 Å². The first-order chi connectivity index (χ1) is 7.61. The highest BCUT2D eigenvalue weighted by Gasteiger charge is 2.26. The topological polar surface area (TPSA) is 38.9 Å². The van der Waals surface area contributed by atoms with E-state index in [-0.39, 0.29) is 6.42 Å². The Morgan fingerprint density at radius 1 is 1.25 bits per heavy atom. The van der Waals surface area contributed by atoms with E-state index < -0.39 is 12.5 Å². The third-order valence-corrected chi connectivity index (χ3v) is 2.43. The van der Waals surface area contributed by atoms with Crippen molar-refractivity contribution in [2.75, 3.05) is 6.54 Å². The van der Waals surface area contributed by atoms with Crippen molar-refractivity contribution in [1.82, 2.24) is 4.98 Å². The summed E-state index contributed by atoms with van der Waals surface area (Å²) < 4.78 is 26.2. The summed E-state index contributed by atoms with van der Waals surface area (Å²) >= 11 is 0. The summed E-state index contributed by atoms with van der Waals surface area (Å²) in [6.45, 7) is -0.632. The lowest BCUT2D eigenvalue weighted by Gasteiger charge is -2.13. The van der Waals surface area contributed by atoms with Crippen LogP contribution in [0.1, 0.15) is 5.56 Å². The van der Waals surface area contributed by atoms with Gasteiger partial charge in [0.05, 0.1) is 12.1 Å². The van der Waals surface area contributed by atoms with Crippen LogP contribution < -0.4 is 5.73 Å². The molecule has 0 bridgehead atoms. The molecule has 84 valence electrons. The van der Waals surface area contributed by atoms with Crippen LogP contribution in [-0.2, 0) is 6.42 Å². The van der Waals surface area contributed by atoms with Crippen LogP contribution in [0, 0.1) is 0 Å². The van der Waals surface area contributed by atoms with Crippen LogP contribution in [0.4, 0.5) is 8.78 Å². The van der Waals surface area contributed by atoms with Crippen molar-refractivity contribution < 1.29 is 8.78 Å². The van der Waals surface area contributed by atoms with Gasteiger partial charge in [-0.25, -0.2) is 8.78 Å². The normalized spacial score (nSPS) is 11.9. The molecule has 0 saturated heterocycles. The fraction of sp³-hybridized carbons (Fsp3) is 0.250. The Morgan fingerprint density at radius 2 is 2.06 bits per heavy atom. The lowest BCUT2D eigenvalue weighted by molar-refractivity contribution is 0.0115. The molecule has 0 aliphatic carbocycles. The molecule has 4 heteroatoms. The van der Waals surface area contributed by atoms with Gasteiger partial charge in [0.2, 0.25) is 0 Å². The minimum Gasteiger partial charge on any atom is -0.325 e. The lowest BCUT2D eigenvalue weighted by atomic mass is 10.1. The zero-order chi connectivity index (χ0) is 11.6. The first-order valence-corrected chi connectivity index (χ1v) is 5.02. The second kappa shape index (κ2) is 4.14. The maximum atomic E-state index is 13.1. The Morgan fingerprint density at radius 3 is 2.81 bits per heavy atom. The third-order valence-electron chi connectivity index (χ3n) is 2.43. The monoisotopic (exact) mass is 222 g/mol. The molecule has 1 aromatic carbocycles. The molecule has 0 aliphatic heterocycles. The van der Waals surface area contributed by atoms with Gasteiger partial charge in [0.25, 0.3) is 5.92 Å². The fourth-order valence-corrected chi connectivity index (χ4v) is 1.59. The van der Waals surface area contributed by atoms with Gasteiger partial charge < -0.3 is 5.73 Å². The highest BCUT2D eigenvalue weighted by atomic mass is 19.3. The number of pyridine rings is 1. The zero-order valence-electron chi connectivity index (χ0n) is 8.66. The molecule has 0 amide bonds. The SMILES string of the molecule is NCC(F)(F)Cc1ccc2cccnc2c1. The molecule has 2 rings (SSSR count). The second-order valence-corrected chi connectivity index (χ2v) is 3.77. The number of hydrogen-bond donors (Lipinski definition) is 1. The van der Waals surface area contributed by atoms with Crippen LogP contribution in [0.5, 0.6) is 0 Å². The summed E-state index contributed by atoms with van der Waals surface area (Å²) in [5, 5.41) is 0.947. The number of halogens is 2. The smallest absolute Gasteiger partial charge is 0.264 e. The Labute approximate surface area is 92.1 Å². The van der Waals surface area contributed by atoms with Gasteiger partial charge in [0, 0.05) is 18.0 Å². The third kappa shape index (κ3) is 2.33. The fourth-order valence-electron chi connectivity index (χ4n) is 1.59. The van der Waals surface area contributed by atoms with Crippen molar-refractivity contribution in [3.63, 3.8) is 0 Å². The Balaban J connectivity index is 2.33. The number of rotatable bonds is 3. The van der Waals surface area contributed by atoms with E-state index in [1.54, 1.807) is 24.4 Å². The van der Waals surface area contributed by atoms with Crippen LogP contribution >= 0.6 is 0 Å². The second-order valence-electron chi connectivity index (χ2n) is 3.77. The summed E-state index contributed by atoms with van der Waals surface area (Å²) in [7, 11) is 0. The van der Waals surface area contributed by atoms with E-state index >= 15 is 0 Å². The summed E-state index contributed by atoms with van der Waals surface area (Å²) in [4.78, 5) is 4.12. The Hall–Kier alpha value is -1.55. The van der Waals surface area contributed by atoms with Gasteiger partial charge in [0.1, 0.15) is 0 Å². The average Bonchev–Trinajstić information content (AvgIpc) is 2.28. The van der Waals surface area contributed by atoms with Crippen molar-refractivity contribution in [3.05, 3.63) is 42.1 Å². The van der Waals surface area contributed by atoms with Gasteiger partial charge in [-0.05, 0) is 17.7 Å². The molecule has 0 saturated carbocycles.